The van der Waals surface area contributed by atoms with E-state index in [2.05, 4.69) is 74.2 Å². The fourth-order valence-electron chi connectivity index (χ4n) is 10.3. The number of nitrogens with two attached hydrogens (primary N) is 1. The molecule has 2 atom stereocenters. The van der Waals surface area contributed by atoms with Gasteiger partial charge < -0.3 is 34.8 Å². The molecule has 3 aromatic carbocycles. The highest BCUT2D eigenvalue weighted by Gasteiger charge is 2.33. The van der Waals surface area contributed by atoms with Gasteiger partial charge in [0.25, 0.3) is 5.91 Å². The van der Waals surface area contributed by atoms with Gasteiger partial charge >= 0.3 is 6.03 Å². The Labute approximate surface area is 362 Å². The van der Waals surface area contributed by atoms with Crippen molar-refractivity contribution in [2.75, 3.05) is 75.0 Å². The fourth-order valence-corrected chi connectivity index (χ4v) is 10.3. The largest absolute Gasteiger partial charge is 0.507 e. The lowest BCUT2D eigenvalue weighted by molar-refractivity contribution is -0.120. The summed E-state index contributed by atoms with van der Waals surface area (Å²) < 4.78 is 8.35. The summed E-state index contributed by atoms with van der Waals surface area (Å²) in [6.07, 6.45) is 7.54. The Hall–Kier alpha value is -5.99. The third-order valence-corrected chi connectivity index (χ3v) is 13.8. The number of rotatable bonds is 9. The average molecular weight is 840 g/mol. The Bertz CT molecular complexity index is 2490. The van der Waals surface area contributed by atoms with Crippen LogP contribution in [0.4, 0.5) is 22.0 Å². The number of likely N-dealkylation sites (tertiary alicyclic amines) is 2. The lowest BCUT2D eigenvalue weighted by Gasteiger charge is -2.39. The summed E-state index contributed by atoms with van der Waals surface area (Å²) in [5.41, 5.74) is 14.5. The monoisotopic (exact) mass is 839 g/mol. The number of hydrogen-bond acceptors (Lipinski definition) is 10. The summed E-state index contributed by atoms with van der Waals surface area (Å²) >= 11 is 0. The molecular weight excluding hydrogens is 783 g/mol. The van der Waals surface area contributed by atoms with E-state index in [0.29, 0.717) is 55.1 Å². The molecule has 4 aliphatic heterocycles. The molecule has 0 bridgehead atoms. The Balaban J connectivity index is 0.782. The summed E-state index contributed by atoms with van der Waals surface area (Å²) in [5, 5.41) is 22.6. The van der Waals surface area contributed by atoms with Gasteiger partial charge in [0.05, 0.1) is 17.5 Å². The standard InChI is InChI=1S/C48H57N9O5/c1-30-22-33(8-10-38(30)34-23-37(62-3)29-55(28-34)43-25-41(51-52-46(43)49)39-6-4-5-7-44(39)58)47(60)54-19-12-32(13-20-54)27-53-17-14-35(15-18-53)57-26-31(2)40-24-36(9-11-42(40)57)56-21-16-45(59)50-48(56)61/h4-11,22,24-26,32,34-35,37,58H,12-21,23,27-29H2,1-3H3,(H2,49,52)(H,50,59,61)/t34-,37+/m0/s1. The number of nitrogen functional groups attached to an aromatic ring is 1. The van der Waals surface area contributed by atoms with E-state index in [1.807, 2.05) is 35.2 Å². The Kier molecular flexibility index (Phi) is 11.6. The fraction of sp³-hybridized carbons (Fsp3) is 0.438. The van der Waals surface area contributed by atoms with Crippen molar-refractivity contribution in [2.24, 2.45) is 5.92 Å². The second-order valence-corrected chi connectivity index (χ2v) is 17.7. The van der Waals surface area contributed by atoms with E-state index < -0.39 is 0 Å². The minimum Gasteiger partial charge on any atom is -0.507 e. The quantitative estimate of drug-likeness (QED) is 0.147. The number of hydrogen-bond donors (Lipinski definition) is 3. The van der Waals surface area contributed by atoms with Crippen LogP contribution >= 0.6 is 0 Å². The number of phenols is 1. The molecule has 0 saturated carbocycles. The number of carbonyl (C=O) groups is 3. The molecule has 0 radical (unpaired) electrons. The molecule has 9 rings (SSSR count). The highest BCUT2D eigenvalue weighted by molar-refractivity contribution is 6.06. The molecule has 4 fully saturated rings. The van der Waals surface area contributed by atoms with Crippen LogP contribution in [0.15, 0.2) is 72.9 Å². The van der Waals surface area contributed by atoms with Gasteiger partial charge in [-0.3, -0.25) is 19.8 Å². The molecule has 4 saturated heterocycles. The smallest absolute Gasteiger partial charge is 0.328 e. The van der Waals surface area contributed by atoms with Crippen molar-refractivity contribution < 1.29 is 24.2 Å². The maximum atomic E-state index is 13.9. The lowest BCUT2D eigenvalue weighted by atomic mass is 9.85. The van der Waals surface area contributed by atoms with Gasteiger partial charge in [0, 0.05) is 112 Å². The second kappa shape index (κ2) is 17.4. The number of amides is 4. The molecule has 2 aromatic heterocycles. The maximum Gasteiger partial charge on any atom is 0.328 e. The third-order valence-electron chi connectivity index (χ3n) is 13.8. The molecule has 6 heterocycles. The molecule has 4 aliphatic rings. The van der Waals surface area contributed by atoms with Gasteiger partial charge in [-0.15, -0.1) is 10.2 Å². The van der Waals surface area contributed by atoms with Gasteiger partial charge in [-0.05, 0) is 117 Å². The van der Waals surface area contributed by atoms with Crippen molar-refractivity contribution in [3.63, 3.8) is 0 Å². The Morgan fingerprint density at radius 3 is 2.44 bits per heavy atom. The first kappa shape index (κ1) is 41.4. The molecule has 5 aromatic rings. The average Bonchev–Trinajstić information content (AvgIpc) is 3.61. The van der Waals surface area contributed by atoms with E-state index in [1.165, 1.54) is 16.6 Å². The van der Waals surface area contributed by atoms with E-state index in [0.717, 1.165) is 92.7 Å². The van der Waals surface area contributed by atoms with Gasteiger partial charge in [-0.25, -0.2) is 4.79 Å². The van der Waals surface area contributed by atoms with E-state index in [9.17, 15) is 19.5 Å². The molecular formula is C48H57N9O5. The van der Waals surface area contributed by atoms with Crippen molar-refractivity contribution in [3.05, 3.63) is 95.2 Å². The normalized spacial score (nSPS) is 20.9. The molecule has 324 valence electrons. The summed E-state index contributed by atoms with van der Waals surface area (Å²) in [4.78, 5) is 46.5. The number of anilines is 3. The van der Waals surface area contributed by atoms with Gasteiger partial charge in [0.2, 0.25) is 5.91 Å². The van der Waals surface area contributed by atoms with Gasteiger partial charge in [-0.1, -0.05) is 18.2 Å². The van der Waals surface area contributed by atoms with Crippen molar-refractivity contribution in [1.29, 1.82) is 0 Å². The van der Waals surface area contributed by atoms with Gasteiger partial charge in [-0.2, -0.15) is 0 Å². The zero-order valence-electron chi connectivity index (χ0n) is 35.9. The van der Waals surface area contributed by atoms with Crippen LogP contribution in [0.2, 0.25) is 0 Å². The number of carbonyl (C=O) groups excluding carboxylic acids is 3. The molecule has 14 heteroatoms. The van der Waals surface area contributed by atoms with Crippen LogP contribution in [0, 0.1) is 19.8 Å². The number of aryl methyl sites for hydroxylation is 2. The number of nitrogens with one attached hydrogen (secondary N) is 1. The Morgan fingerprint density at radius 2 is 1.69 bits per heavy atom. The van der Waals surface area contributed by atoms with Crippen LogP contribution < -0.4 is 20.9 Å². The number of para-hydroxylation sites is 1. The van der Waals surface area contributed by atoms with Crippen molar-refractivity contribution in [3.8, 4) is 17.0 Å². The topological polar surface area (TPSA) is 162 Å². The zero-order valence-corrected chi connectivity index (χ0v) is 35.9. The lowest BCUT2D eigenvalue weighted by Crippen LogP contribution is -2.49. The number of piperidine rings is 3. The molecule has 4 amide bonds. The molecule has 62 heavy (non-hydrogen) atoms. The number of benzene rings is 3. The molecule has 0 aliphatic carbocycles. The molecule has 14 nitrogen and oxygen atoms in total. The van der Waals surface area contributed by atoms with Crippen LogP contribution in [-0.4, -0.2) is 113 Å². The maximum absolute atomic E-state index is 13.9. The van der Waals surface area contributed by atoms with Crippen LogP contribution in [0.1, 0.15) is 77.5 Å². The first-order valence-corrected chi connectivity index (χ1v) is 22.1. The number of aromatic hydroxyl groups is 1. The first-order valence-electron chi connectivity index (χ1n) is 22.1. The number of urea groups is 1. The van der Waals surface area contributed by atoms with Gasteiger partial charge in [0.1, 0.15) is 5.75 Å². The predicted octanol–water partition coefficient (Wildman–Crippen LogP) is 6.65. The van der Waals surface area contributed by atoms with Gasteiger partial charge in [0.15, 0.2) is 5.82 Å². The van der Waals surface area contributed by atoms with Crippen LogP contribution in [0.25, 0.3) is 22.2 Å². The number of phenolic OH excluding ortho intramolecular Hbond substituents is 1. The summed E-state index contributed by atoms with van der Waals surface area (Å²) in [6.45, 7) is 10.7. The van der Waals surface area contributed by atoms with E-state index in [-0.39, 0.29) is 35.6 Å². The number of aromatic nitrogens is 3. The number of imide groups is 1. The van der Waals surface area contributed by atoms with E-state index in [4.69, 9.17) is 10.5 Å². The highest BCUT2D eigenvalue weighted by Crippen LogP contribution is 2.38. The second-order valence-electron chi connectivity index (χ2n) is 17.7. The summed E-state index contributed by atoms with van der Waals surface area (Å²) in [7, 11) is 1.74. The predicted molar refractivity (Wildman–Crippen MR) is 241 cm³/mol. The zero-order chi connectivity index (χ0) is 43.1. The van der Waals surface area contributed by atoms with E-state index in [1.54, 1.807) is 24.1 Å². The number of fused-ring (bicyclic) bond motifs is 1. The minimum atomic E-state index is -0.358. The number of nitrogens with zero attached hydrogens (tertiary/aromatic N) is 7. The number of methoxy groups -OCH3 is 1. The summed E-state index contributed by atoms with van der Waals surface area (Å²) in [5.74, 6) is 1.04. The number of ether oxygens (including phenoxy) is 1. The van der Waals surface area contributed by atoms with Crippen LogP contribution in [-0.2, 0) is 9.53 Å². The molecule has 4 N–H and O–H groups in total. The van der Waals surface area contributed by atoms with Crippen molar-refractivity contribution >= 4 is 45.9 Å². The summed E-state index contributed by atoms with van der Waals surface area (Å²) in [6, 6.07) is 21.4. The van der Waals surface area contributed by atoms with E-state index >= 15 is 0 Å². The van der Waals surface area contributed by atoms with Crippen LogP contribution in [0.3, 0.4) is 0 Å². The SMILES string of the molecule is CO[C@@H]1C[C@H](c2ccc(C(=O)N3CCC(CN4CCC(n5cc(C)c6cc(N7CCC(=O)NC7=O)ccc65)CC4)CC3)cc2C)CN(c2cc(-c3ccccc3O)nnc2N)C1. The highest BCUT2D eigenvalue weighted by atomic mass is 16.5. The third kappa shape index (κ3) is 8.33. The van der Waals surface area contributed by atoms with Crippen molar-refractivity contribution in [2.45, 2.75) is 70.4 Å². The van der Waals surface area contributed by atoms with Crippen LogP contribution in [0.5, 0.6) is 5.75 Å². The molecule has 0 unspecified atom stereocenters. The first-order chi connectivity index (χ1) is 30.0. The molecule has 0 spiro atoms. The Morgan fingerprint density at radius 1 is 0.903 bits per heavy atom. The minimum absolute atomic E-state index is 0.0327. The van der Waals surface area contributed by atoms with Crippen molar-refractivity contribution in [1.82, 2.24) is 29.9 Å².